The van der Waals surface area contributed by atoms with Gasteiger partial charge in [0, 0.05) is 29.2 Å². The van der Waals surface area contributed by atoms with E-state index in [1.165, 1.54) is 0 Å². The van der Waals surface area contributed by atoms with Gasteiger partial charge in [0.15, 0.2) is 0 Å². The summed E-state index contributed by atoms with van der Waals surface area (Å²) in [5.41, 5.74) is 3.92. The number of nitrogens with one attached hydrogen (secondary N) is 3. The zero-order chi connectivity index (χ0) is 20.1. The maximum absolute atomic E-state index is 12.4. The van der Waals surface area contributed by atoms with Gasteiger partial charge in [0.25, 0.3) is 0 Å². The third-order valence-electron chi connectivity index (χ3n) is 4.73. The third kappa shape index (κ3) is 4.38. The van der Waals surface area contributed by atoms with Gasteiger partial charge in [-0.25, -0.2) is 4.98 Å². The van der Waals surface area contributed by atoms with Crippen LogP contribution in [-0.2, 0) is 17.8 Å². The van der Waals surface area contributed by atoms with Crippen LogP contribution in [0.25, 0.3) is 10.9 Å². The number of fused-ring (bicyclic) bond motifs is 1. The van der Waals surface area contributed by atoms with Gasteiger partial charge in [-0.15, -0.1) is 0 Å². The molecule has 0 fully saturated rings. The van der Waals surface area contributed by atoms with Crippen molar-refractivity contribution < 1.29 is 9.53 Å². The predicted octanol–water partition coefficient (Wildman–Crippen LogP) is 4.36. The van der Waals surface area contributed by atoms with E-state index in [2.05, 4.69) is 20.6 Å². The van der Waals surface area contributed by atoms with Gasteiger partial charge in [0.2, 0.25) is 5.91 Å². The Morgan fingerprint density at radius 1 is 1.03 bits per heavy atom. The minimum absolute atomic E-state index is 0.100. The Labute approximate surface area is 168 Å². The van der Waals surface area contributed by atoms with Gasteiger partial charge in [-0.3, -0.25) is 4.79 Å². The molecule has 0 aliphatic carbocycles. The SMILES string of the molecule is COc1ccccc1CNc1ccc(NC(=O)Cc2c[nH]c3ccccc23)nc1. The second-order valence-electron chi connectivity index (χ2n) is 6.68. The van der Waals surface area contributed by atoms with Gasteiger partial charge in [-0.1, -0.05) is 36.4 Å². The fraction of sp³-hybridized carbons (Fsp3) is 0.130. The molecule has 6 nitrogen and oxygen atoms in total. The lowest BCUT2D eigenvalue weighted by Gasteiger charge is -2.11. The van der Waals surface area contributed by atoms with Crippen LogP contribution in [-0.4, -0.2) is 23.0 Å². The minimum atomic E-state index is -0.100. The van der Waals surface area contributed by atoms with Crippen molar-refractivity contribution in [1.82, 2.24) is 9.97 Å². The second-order valence-corrected chi connectivity index (χ2v) is 6.68. The van der Waals surface area contributed by atoms with E-state index >= 15 is 0 Å². The molecule has 0 bridgehead atoms. The van der Waals surface area contributed by atoms with Crippen molar-refractivity contribution in [2.75, 3.05) is 17.7 Å². The average Bonchev–Trinajstić information content (AvgIpc) is 3.16. The predicted molar refractivity (Wildman–Crippen MR) is 115 cm³/mol. The lowest BCUT2D eigenvalue weighted by molar-refractivity contribution is -0.115. The molecule has 0 saturated heterocycles. The van der Waals surface area contributed by atoms with Crippen molar-refractivity contribution in [3.63, 3.8) is 0 Å². The zero-order valence-electron chi connectivity index (χ0n) is 16.1. The monoisotopic (exact) mass is 386 g/mol. The smallest absolute Gasteiger partial charge is 0.230 e. The molecule has 0 unspecified atom stereocenters. The minimum Gasteiger partial charge on any atom is -0.496 e. The number of carbonyl (C=O) groups excluding carboxylic acids is 1. The molecule has 4 rings (SSSR count). The molecule has 0 radical (unpaired) electrons. The van der Waals surface area contributed by atoms with Crippen molar-refractivity contribution >= 4 is 28.3 Å². The highest BCUT2D eigenvalue weighted by molar-refractivity contribution is 5.95. The number of H-pyrrole nitrogens is 1. The summed E-state index contributed by atoms with van der Waals surface area (Å²) >= 11 is 0. The Morgan fingerprint density at radius 2 is 1.86 bits per heavy atom. The molecule has 2 aromatic heterocycles. The lowest BCUT2D eigenvalue weighted by atomic mass is 10.1. The highest BCUT2D eigenvalue weighted by Crippen LogP contribution is 2.20. The number of rotatable bonds is 7. The van der Waals surface area contributed by atoms with Crippen molar-refractivity contribution in [2.45, 2.75) is 13.0 Å². The Morgan fingerprint density at radius 3 is 2.69 bits per heavy atom. The number of nitrogens with zero attached hydrogens (tertiary/aromatic N) is 1. The maximum Gasteiger partial charge on any atom is 0.230 e. The van der Waals surface area contributed by atoms with Crippen molar-refractivity contribution in [3.8, 4) is 5.75 Å². The number of benzene rings is 2. The van der Waals surface area contributed by atoms with Gasteiger partial charge in [-0.05, 0) is 29.8 Å². The number of ether oxygens (including phenoxy) is 1. The normalized spacial score (nSPS) is 10.7. The molecule has 4 aromatic rings. The molecule has 0 spiro atoms. The molecule has 146 valence electrons. The summed E-state index contributed by atoms with van der Waals surface area (Å²) in [6.07, 6.45) is 3.87. The number of aromatic nitrogens is 2. The van der Waals surface area contributed by atoms with E-state index in [0.717, 1.165) is 33.5 Å². The topological polar surface area (TPSA) is 79.0 Å². The summed E-state index contributed by atoms with van der Waals surface area (Å²) in [6.45, 7) is 0.623. The van der Waals surface area contributed by atoms with E-state index in [1.807, 2.05) is 60.8 Å². The Hall–Kier alpha value is -3.80. The first-order chi connectivity index (χ1) is 14.2. The molecule has 0 aliphatic heterocycles. The number of aromatic amines is 1. The number of anilines is 2. The van der Waals surface area contributed by atoms with Gasteiger partial charge in [0.05, 0.1) is 25.4 Å². The number of hydrogen-bond donors (Lipinski definition) is 3. The van der Waals surface area contributed by atoms with E-state index in [9.17, 15) is 4.79 Å². The second kappa shape index (κ2) is 8.48. The summed E-state index contributed by atoms with van der Waals surface area (Å²) in [5.74, 6) is 1.27. The van der Waals surface area contributed by atoms with Crippen LogP contribution in [0.5, 0.6) is 5.75 Å². The third-order valence-corrected chi connectivity index (χ3v) is 4.73. The molecule has 6 heteroatoms. The number of methoxy groups -OCH3 is 1. The fourth-order valence-electron chi connectivity index (χ4n) is 3.26. The number of pyridine rings is 1. The van der Waals surface area contributed by atoms with Crippen molar-refractivity contribution in [3.05, 3.63) is 84.2 Å². The van der Waals surface area contributed by atoms with E-state index in [1.54, 1.807) is 19.4 Å². The number of amides is 1. The molecule has 2 heterocycles. The average molecular weight is 386 g/mol. The Kier molecular flexibility index (Phi) is 5.42. The highest BCUT2D eigenvalue weighted by atomic mass is 16.5. The number of carbonyl (C=O) groups is 1. The largest absolute Gasteiger partial charge is 0.496 e. The first-order valence-corrected chi connectivity index (χ1v) is 9.39. The Bertz CT molecular complexity index is 1120. The molecule has 1 amide bonds. The molecule has 0 saturated carbocycles. The van der Waals surface area contributed by atoms with Crippen LogP contribution in [0.1, 0.15) is 11.1 Å². The van der Waals surface area contributed by atoms with Crippen molar-refractivity contribution in [1.29, 1.82) is 0 Å². The van der Waals surface area contributed by atoms with E-state index in [4.69, 9.17) is 4.74 Å². The van der Waals surface area contributed by atoms with Crippen LogP contribution in [0.15, 0.2) is 73.1 Å². The summed E-state index contributed by atoms with van der Waals surface area (Å²) in [7, 11) is 1.66. The summed E-state index contributed by atoms with van der Waals surface area (Å²) in [6, 6.07) is 19.5. The van der Waals surface area contributed by atoms with Gasteiger partial charge >= 0.3 is 0 Å². The van der Waals surface area contributed by atoms with E-state index in [0.29, 0.717) is 18.8 Å². The van der Waals surface area contributed by atoms with Crippen LogP contribution in [0.4, 0.5) is 11.5 Å². The Balaban J connectivity index is 1.35. The van der Waals surface area contributed by atoms with E-state index < -0.39 is 0 Å². The molecule has 29 heavy (non-hydrogen) atoms. The van der Waals surface area contributed by atoms with E-state index in [-0.39, 0.29) is 5.91 Å². The molecule has 0 atom stereocenters. The summed E-state index contributed by atoms with van der Waals surface area (Å²) in [4.78, 5) is 19.9. The standard InChI is InChI=1S/C23H22N4O2/c1-29-21-9-5-2-6-16(21)13-24-18-10-11-22(26-15-18)27-23(28)12-17-14-25-20-8-4-3-7-19(17)20/h2-11,14-15,24-25H,12-13H2,1H3,(H,26,27,28). The lowest BCUT2D eigenvalue weighted by Crippen LogP contribution is -2.15. The van der Waals surface area contributed by atoms with Crippen LogP contribution in [0.2, 0.25) is 0 Å². The molecular formula is C23H22N4O2. The first-order valence-electron chi connectivity index (χ1n) is 9.39. The summed E-state index contributed by atoms with van der Waals surface area (Å²) < 4.78 is 5.36. The van der Waals surface area contributed by atoms with Crippen LogP contribution >= 0.6 is 0 Å². The number of para-hydroxylation sites is 2. The molecular weight excluding hydrogens is 364 g/mol. The van der Waals surface area contributed by atoms with Crippen molar-refractivity contribution in [2.24, 2.45) is 0 Å². The van der Waals surface area contributed by atoms with Gasteiger partial charge in [-0.2, -0.15) is 0 Å². The first kappa shape index (κ1) is 18.6. The quantitative estimate of drug-likeness (QED) is 0.441. The van der Waals surface area contributed by atoms with Crippen LogP contribution < -0.4 is 15.4 Å². The van der Waals surface area contributed by atoms with Crippen LogP contribution in [0, 0.1) is 0 Å². The van der Waals surface area contributed by atoms with Gasteiger partial charge in [0.1, 0.15) is 11.6 Å². The van der Waals surface area contributed by atoms with Gasteiger partial charge < -0.3 is 20.4 Å². The molecule has 0 aliphatic rings. The highest BCUT2D eigenvalue weighted by Gasteiger charge is 2.09. The maximum atomic E-state index is 12.4. The van der Waals surface area contributed by atoms with Crippen LogP contribution in [0.3, 0.4) is 0 Å². The number of hydrogen-bond acceptors (Lipinski definition) is 4. The summed E-state index contributed by atoms with van der Waals surface area (Å²) in [5, 5.41) is 7.23. The molecule has 2 aromatic carbocycles. The molecule has 3 N–H and O–H groups in total. The zero-order valence-corrected chi connectivity index (χ0v) is 16.1. The fourth-order valence-corrected chi connectivity index (χ4v) is 3.26.